The third-order valence-corrected chi connectivity index (χ3v) is 5.17. The van der Waals surface area contributed by atoms with Crippen LogP contribution in [0.15, 0.2) is 22.9 Å². The van der Waals surface area contributed by atoms with E-state index in [2.05, 4.69) is 20.7 Å². The summed E-state index contributed by atoms with van der Waals surface area (Å²) in [4.78, 5) is 29.8. The molecule has 0 spiro atoms. The first kappa shape index (κ1) is 17.6. The maximum absolute atomic E-state index is 11.8. The number of fused-ring (bicyclic) bond motifs is 1. The summed E-state index contributed by atoms with van der Waals surface area (Å²) in [6.45, 7) is 4.81. The Morgan fingerprint density at radius 1 is 1.24 bits per heavy atom. The Morgan fingerprint density at radius 2 is 2.04 bits per heavy atom. The second-order valence-electron chi connectivity index (χ2n) is 5.94. The van der Waals surface area contributed by atoms with Crippen molar-refractivity contribution in [3.8, 4) is 10.7 Å². The Hall–Kier alpha value is -2.26. The molecule has 9 heteroatoms. The molecule has 3 rings (SSSR count). The molecule has 0 unspecified atom stereocenters. The minimum Gasteiger partial charge on any atom is -0.348 e. The lowest BCUT2D eigenvalue weighted by Gasteiger charge is -2.07. The van der Waals surface area contributed by atoms with Gasteiger partial charge in [-0.2, -0.15) is 4.98 Å². The predicted molar refractivity (Wildman–Crippen MR) is 98.7 cm³/mol. The van der Waals surface area contributed by atoms with E-state index in [0.29, 0.717) is 31.3 Å². The summed E-state index contributed by atoms with van der Waals surface area (Å²) in [5.74, 6) is -0.184. The molecule has 2 N–H and O–H groups in total. The molecule has 3 heterocycles. The lowest BCUT2D eigenvalue weighted by Crippen LogP contribution is -2.41. The molecule has 25 heavy (non-hydrogen) atoms. The third-order valence-electron chi connectivity index (χ3n) is 3.44. The van der Waals surface area contributed by atoms with E-state index < -0.39 is 11.8 Å². The Morgan fingerprint density at radius 3 is 2.76 bits per heavy atom. The van der Waals surface area contributed by atoms with Crippen molar-refractivity contribution in [1.82, 2.24) is 25.2 Å². The summed E-state index contributed by atoms with van der Waals surface area (Å²) < 4.78 is 1.80. The first-order valence-corrected chi connectivity index (χ1v) is 9.73. The maximum atomic E-state index is 11.8. The summed E-state index contributed by atoms with van der Waals surface area (Å²) in [5.41, 5.74) is 0.957. The van der Waals surface area contributed by atoms with E-state index in [4.69, 9.17) is 0 Å². The molecule has 3 aromatic rings. The first-order chi connectivity index (χ1) is 12.0. The lowest BCUT2D eigenvalue weighted by atomic mass is 10.2. The summed E-state index contributed by atoms with van der Waals surface area (Å²) in [5, 5.41) is 13.7. The topological polar surface area (TPSA) is 88.4 Å². The van der Waals surface area contributed by atoms with Gasteiger partial charge in [-0.05, 0) is 17.4 Å². The van der Waals surface area contributed by atoms with Crippen molar-refractivity contribution in [2.45, 2.75) is 20.3 Å². The molecule has 0 saturated heterocycles. The van der Waals surface area contributed by atoms with Crippen LogP contribution in [-0.2, 0) is 16.0 Å². The molecule has 0 radical (unpaired) electrons. The molecule has 0 aromatic carbocycles. The molecule has 132 valence electrons. The minimum atomic E-state index is -0.606. The number of nitrogens with one attached hydrogen (secondary N) is 2. The third kappa shape index (κ3) is 4.23. The maximum Gasteiger partial charge on any atom is 0.309 e. The van der Waals surface area contributed by atoms with E-state index in [0.717, 1.165) is 15.5 Å². The molecule has 0 atom stereocenters. The molecule has 3 aromatic heterocycles. The molecular weight excluding hydrogens is 358 g/mol. The van der Waals surface area contributed by atoms with Crippen LogP contribution in [0.25, 0.3) is 15.7 Å². The highest BCUT2D eigenvalue weighted by atomic mass is 32.1. The van der Waals surface area contributed by atoms with Gasteiger partial charge in [0.05, 0.1) is 10.6 Å². The van der Waals surface area contributed by atoms with Gasteiger partial charge in [-0.1, -0.05) is 19.9 Å². The van der Waals surface area contributed by atoms with E-state index in [-0.39, 0.29) is 0 Å². The van der Waals surface area contributed by atoms with E-state index in [1.165, 1.54) is 11.3 Å². The fourth-order valence-electron chi connectivity index (χ4n) is 2.17. The molecule has 0 bridgehead atoms. The highest BCUT2D eigenvalue weighted by Crippen LogP contribution is 2.24. The normalized spacial score (nSPS) is 11.2. The van der Waals surface area contributed by atoms with Crippen LogP contribution in [0.4, 0.5) is 0 Å². The zero-order chi connectivity index (χ0) is 17.8. The first-order valence-electron chi connectivity index (χ1n) is 7.97. The van der Waals surface area contributed by atoms with Gasteiger partial charge in [0, 0.05) is 24.9 Å². The number of carbonyl (C=O) groups is 2. The largest absolute Gasteiger partial charge is 0.348 e. The predicted octanol–water partition coefficient (Wildman–Crippen LogP) is 1.95. The number of aromatic nitrogens is 3. The number of amides is 2. The number of nitrogens with zero attached hydrogens (tertiary/aromatic N) is 3. The SMILES string of the molecule is CC(C)CNC(=O)C(=O)NCCc1csc2nc(-c3cccs3)nn12. The van der Waals surface area contributed by atoms with Crippen LogP contribution in [0.3, 0.4) is 0 Å². The van der Waals surface area contributed by atoms with Crippen molar-refractivity contribution in [3.05, 3.63) is 28.6 Å². The average molecular weight is 377 g/mol. The number of carbonyl (C=O) groups excluding carboxylic acids is 2. The smallest absolute Gasteiger partial charge is 0.309 e. The van der Waals surface area contributed by atoms with Gasteiger partial charge in [0.2, 0.25) is 4.96 Å². The monoisotopic (exact) mass is 377 g/mol. The summed E-state index contributed by atoms with van der Waals surface area (Å²) in [6, 6.07) is 3.95. The molecule has 7 nitrogen and oxygen atoms in total. The van der Waals surface area contributed by atoms with Crippen molar-refractivity contribution < 1.29 is 9.59 Å². The summed E-state index contributed by atoms with van der Waals surface area (Å²) >= 11 is 3.11. The Labute approximate surface area is 153 Å². The van der Waals surface area contributed by atoms with Crippen LogP contribution < -0.4 is 10.6 Å². The molecular formula is C16H19N5O2S2. The number of thiazole rings is 1. The van der Waals surface area contributed by atoms with Crippen LogP contribution in [0, 0.1) is 5.92 Å². The van der Waals surface area contributed by atoms with Crippen LogP contribution in [0.1, 0.15) is 19.5 Å². The van der Waals surface area contributed by atoms with Crippen LogP contribution in [0.2, 0.25) is 0 Å². The van der Waals surface area contributed by atoms with Gasteiger partial charge >= 0.3 is 11.8 Å². The molecule has 0 aliphatic heterocycles. The standard InChI is InChI=1S/C16H19N5O2S2/c1-10(2)8-18-15(23)14(22)17-6-5-11-9-25-16-19-13(20-21(11)16)12-4-3-7-24-12/h3-4,7,9-10H,5-6,8H2,1-2H3,(H,17,22)(H,18,23). The highest BCUT2D eigenvalue weighted by molar-refractivity contribution is 7.15. The van der Waals surface area contributed by atoms with Gasteiger partial charge in [0.15, 0.2) is 5.82 Å². The number of hydrogen-bond donors (Lipinski definition) is 2. The molecule has 0 aliphatic rings. The lowest BCUT2D eigenvalue weighted by molar-refractivity contribution is -0.139. The van der Waals surface area contributed by atoms with E-state index in [1.54, 1.807) is 15.9 Å². The van der Waals surface area contributed by atoms with E-state index >= 15 is 0 Å². The number of hydrogen-bond acceptors (Lipinski definition) is 6. The minimum absolute atomic E-state index is 0.306. The number of thiophene rings is 1. The van der Waals surface area contributed by atoms with Gasteiger partial charge in [0.1, 0.15) is 0 Å². The second-order valence-corrected chi connectivity index (χ2v) is 7.73. The quantitative estimate of drug-likeness (QED) is 0.643. The Balaban J connectivity index is 1.56. The molecule has 0 aliphatic carbocycles. The van der Waals surface area contributed by atoms with Gasteiger partial charge in [-0.3, -0.25) is 9.59 Å². The van der Waals surface area contributed by atoms with Crippen molar-refractivity contribution >= 4 is 39.4 Å². The second kappa shape index (κ2) is 7.75. The average Bonchev–Trinajstić information content (AvgIpc) is 3.29. The van der Waals surface area contributed by atoms with E-state index in [1.807, 2.05) is 36.7 Å². The van der Waals surface area contributed by atoms with E-state index in [9.17, 15) is 9.59 Å². The fraction of sp³-hybridized carbons (Fsp3) is 0.375. The van der Waals surface area contributed by atoms with Gasteiger partial charge in [0.25, 0.3) is 0 Å². The highest BCUT2D eigenvalue weighted by Gasteiger charge is 2.15. The van der Waals surface area contributed by atoms with Crippen molar-refractivity contribution in [2.24, 2.45) is 5.92 Å². The summed E-state index contributed by atoms with van der Waals surface area (Å²) in [7, 11) is 0. The van der Waals surface area contributed by atoms with Crippen LogP contribution >= 0.6 is 22.7 Å². The van der Waals surface area contributed by atoms with Crippen molar-refractivity contribution in [3.63, 3.8) is 0 Å². The van der Waals surface area contributed by atoms with Gasteiger partial charge < -0.3 is 10.6 Å². The zero-order valence-electron chi connectivity index (χ0n) is 14.0. The molecule has 0 fully saturated rings. The van der Waals surface area contributed by atoms with Crippen molar-refractivity contribution in [2.75, 3.05) is 13.1 Å². The zero-order valence-corrected chi connectivity index (χ0v) is 15.6. The fourth-order valence-corrected chi connectivity index (χ4v) is 3.68. The Kier molecular flexibility index (Phi) is 5.44. The van der Waals surface area contributed by atoms with Gasteiger partial charge in [-0.15, -0.1) is 27.8 Å². The molecule has 2 amide bonds. The number of rotatable bonds is 6. The van der Waals surface area contributed by atoms with Crippen molar-refractivity contribution in [1.29, 1.82) is 0 Å². The summed E-state index contributed by atoms with van der Waals surface area (Å²) in [6.07, 6.45) is 0.580. The molecule has 0 saturated carbocycles. The van der Waals surface area contributed by atoms with Crippen LogP contribution in [0.5, 0.6) is 0 Å². The Bertz CT molecular complexity index is 866. The van der Waals surface area contributed by atoms with Gasteiger partial charge in [-0.25, -0.2) is 4.52 Å². The van der Waals surface area contributed by atoms with Crippen LogP contribution in [-0.4, -0.2) is 39.5 Å².